The van der Waals surface area contributed by atoms with Crippen LogP contribution in [0.2, 0.25) is 0 Å². The minimum atomic E-state index is 0.679. The fourth-order valence-corrected chi connectivity index (χ4v) is 3.11. The number of ether oxygens (including phenoxy) is 1. The molecule has 1 aromatic heterocycles. The lowest BCUT2D eigenvalue weighted by atomic mass is 10.2. The number of thiazole rings is 1. The van der Waals surface area contributed by atoms with E-state index >= 15 is 0 Å². The molecule has 3 nitrogen and oxygen atoms in total. The predicted octanol–water partition coefficient (Wildman–Crippen LogP) is 4.75. The van der Waals surface area contributed by atoms with Crippen molar-refractivity contribution in [1.29, 1.82) is 0 Å². The van der Waals surface area contributed by atoms with E-state index in [9.17, 15) is 0 Å². The summed E-state index contributed by atoms with van der Waals surface area (Å²) < 4.78 is 6.73. The van der Waals surface area contributed by atoms with Gasteiger partial charge in [-0.1, -0.05) is 29.5 Å². The summed E-state index contributed by atoms with van der Waals surface area (Å²) in [5.41, 5.74) is 3.23. The van der Waals surface area contributed by atoms with Gasteiger partial charge < -0.3 is 10.1 Å². The smallest absolute Gasteiger partial charge is 0.188 e. The van der Waals surface area contributed by atoms with Crippen molar-refractivity contribution >= 4 is 32.4 Å². The molecule has 3 rings (SSSR count). The number of rotatable bonds is 4. The molecule has 0 atom stereocenters. The van der Waals surface area contributed by atoms with Crippen LogP contribution in [0.5, 0.6) is 5.75 Å². The third-order valence-electron chi connectivity index (χ3n) is 3.00. The second-order valence-electron chi connectivity index (χ2n) is 4.53. The number of hydrogen-bond acceptors (Lipinski definition) is 4. The van der Waals surface area contributed by atoms with E-state index in [2.05, 4.69) is 23.3 Å². The molecule has 0 aliphatic rings. The van der Waals surface area contributed by atoms with Crippen LogP contribution < -0.4 is 10.1 Å². The molecule has 0 spiro atoms. The van der Waals surface area contributed by atoms with Crippen molar-refractivity contribution in [2.45, 2.75) is 13.8 Å². The maximum absolute atomic E-state index is 5.58. The van der Waals surface area contributed by atoms with Gasteiger partial charge in [0.15, 0.2) is 5.13 Å². The van der Waals surface area contributed by atoms with Crippen LogP contribution in [0.25, 0.3) is 10.2 Å². The maximum atomic E-state index is 5.58. The summed E-state index contributed by atoms with van der Waals surface area (Å²) in [6.07, 6.45) is 0. The molecule has 1 N–H and O–H groups in total. The first-order valence-electron chi connectivity index (χ1n) is 6.62. The highest BCUT2D eigenvalue weighted by molar-refractivity contribution is 7.22. The fraction of sp³-hybridized carbons (Fsp3) is 0.188. The molecule has 2 aromatic carbocycles. The van der Waals surface area contributed by atoms with Crippen LogP contribution in [0.4, 0.5) is 10.8 Å². The van der Waals surface area contributed by atoms with Gasteiger partial charge in [0.25, 0.3) is 0 Å². The molecule has 0 aliphatic carbocycles. The molecule has 102 valence electrons. The number of hydrogen-bond donors (Lipinski definition) is 1. The molecular weight excluding hydrogens is 268 g/mol. The standard InChI is InChI=1S/C16H16N2OS/c1-3-19-13-9-11(2)15-14(10-13)20-16(18-15)17-12-7-5-4-6-8-12/h4-10H,3H2,1-2H3,(H,17,18). The third kappa shape index (κ3) is 2.60. The number of para-hydroxylation sites is 1. The van der Waals surface area contributed by atoms with Gasteiger partial charge >= 0.3 is 0 Å². The normalized spacial score (nSPS) is 10.7. The fourth-order valence-electron chi connectivity index (χ4n) is 2.11. The summed E-state index contributed by atoms with van der Waals surface area (Å²) in [6, 6.07) is 14.2. The summed E-state index contributed by atoms with van der Waals surface area (Å²) in [6.45, 7) is 4.74. The van der Waals surface area contributed by atoms with Crippen molar-refractivity contribution in [3.8, 4) is 5.75 Å². The summed E-state index contributed by atoms with van der Waals surface area (Å²) in [5, 5.41) is 4.24. The molecule has 0 saturated heterocycles. The van der Waals surface area contributed by atoms with Crippen LogP contribution in [0.1, 0.15) is 12.5 Å². The highest BCUT2D eigenvalue weighted by atomic mass is 32.1. The Hall–Kier alpha value is -2.07. The molecule has 4 heteroatoms. The van der Waals surface area contributed by atoms with Gasteiger partial charge in [-0.3, -0.25) is 0 Å². The van der Waals surface area contributed by atoms with Crippen LogP contribution in [0.3, 0.4) is 0 Å². The summed E-state index contributed by atoms with van der Waals surface area (Å²) in [4.78, 5) is 4.66. The van der Waals surface area contributed by atoms with Crippen molar-refractivity contribution in [2.24, 2.45) is 0 Å². The molecule has 0 bridgehead atoms. The minimum absolute atomic E-state index is 0.679. The highest BCUT2D eigenvalue weighted by Crippen LogP contribution is 2.33. The lowest BCUT2D eigenvalue weighted by Crippen LogP contribution is -1.91. The van der Waals surface area contributed by atoms with Gasteiger partial charge in [0.2, 0.25) is 0 Å². The predicted molar refractivity (Wildman–Crippen MR) is 85.3 cm³/mol. The maximum Gasteiger partial charge on any atom is 0.188 e. The van der Waals surface area contributed by atoms with E-state index in [1.165, 1.54) is 0 Å². The van der Waals surface area contributed by atoms with Crippen LogP contribution in [0, 0.1) is 6.92 Å². The van der Waals surface area contributed by atoms with E-state index in [1.54, 1.807) is 11.3 Å². The number of nitrogens with zero attached hydrogens (tertiary/aromatic N) is 1. The average Bonchev–Trinajstić information content (AvgIpc) is 2.83. The molecule has 0 amide bonds. The van der Waals surface area contributed by atoms with Gasteiger partial charge in [0.05, 0.1) is 16.8 Å². The zero-order valence-electron chi connectivity index (χ0n) is 11.5. The molecular formula is C16H16N2OS. The molecule has 0 aliphatic heterocycles. The molecule has 20 heavy (non-hydrogen) atoms. The van der Waals surface area contributed by atoms with E-state index in [-0.39, 0.29) is 0 Å². The van der Waals surface area contributed by atoms with Crippen molar-refractivity contribution < 1.29 is 4.74 Å². The van der Waals surface area contributed by atoms with E-state index in [0.29, 0.717) is 6.61 Å². The average molecular weight is 284 g/mol. The second kappa shape index (κ2) is 5.51. The van der Waals surface area contributed by atoms with Gasteiger partial charge in [0, 0.05) is 5.69 Å². The Morgan fingerprint density at radius 2 is 2.00 bits per heavy atom. The zero-order valence-corrected chi connectivity index (χ0v) is 12.3. The van der Waals surface area contributed by atoms with Gasteiger partial charge in [-0.05, 0) is 43.7 Å². The Morgan fingerprint density at radius 3 is 2.75 bits per heavy atom. The molecule has 0 unspecified atom stereocenters. The van der Waals surface area contributed by atoms with E-state index in [4.69, 9.17) is 4.74 Å². The van der Waals surface area contributed by atoms with Gasteiger partial charge in [-0.25, -0.2) is 4.98 Å². The first-order chi connectivity index (χ1) is 9.76. The quantitative estimate of drug-likeness (QED) is 0.751. The molecule has 0 saturated carbocycles. The van der Waals surface area contributed by atoms with Gasteiger partial charge in [-0.15, -0.1) is 0 Å². The topological polar surface area (TPSA) is 34.1 Å². The first kappa shape index (κ1) is 12.9. The third-order valence-corrected chi connectivity index (χ3v) is 3.91. The summed E-state index contributed by atoms with van der Waals surface area (Å²) in [5.74, 6) is 0.910. The first-order valence-corrected chi connectivity index (χ1v) is 7.44. The Balaban J connectivity index is 1.96. The Morgan fingerprint density at radius 1 is 1.20 bits per heavy atom. The van der Waals surface area contributed by atoms with Crippen LogP contribution in [-0.2, 0) is 0 Å². The number of fused-ring (bicyclic) bond motifs is 1. The Labute approximate surface area is 122 Å². The summed E-state index contributed by atoms with van der Waals surface area (Å²) in [7, 11) is 0. The molecule has 0 radical (unpaired) electrons. The number of aromatic nitrogens is 1. The number of nitrogens with one attached hydrogen (secondary N) is 1. The monoisotopic (exact) mass is 284 g/mol. The van der Waals surface area contributed by atoms with E-state index < -0.39 is 0 Å². The van der Waals surface area contributed by atoms with Crippen molar-refractivity contribution in [1.82, 2.24) is 4.98 Å². The van der Waals surface area contributed by atoms with Gasteiger partial charge in [0.1, 0.15) is 5.75 Å². The highest BCUT2D eigenvalue weighted by Gasteiger charge is 2.08. The van der Waals surface area contributed by atoms with Gasteiger partial charge in [-0.2, -0.15) is 0 Å². The second-order valence-corrected chi connectivity index (χ2v) is 5.56. The Bertz CT molecular complexity index is 722. The largest absolute Gasteiger partial charge is 0.494 e. The number of anilines is 2. The van der Waals surface area contributed by atoms with E-state index in [1.807, 2.05) is 43.3 Å². The summed E-state index contributed by atoms with van der Waals surface area (Å²) >= 11 is 1.64. The van der Waals surface area contributed by atoms with Crippen molar-refractivity contribution in [3.05, 3.63) is 48.0 Å². The number of benzene rings is 2. The van der Waals surface area contributed by atoms with Crippen LogP contribution >= 0.6 is 11.3 Å². The Kier molecular flexibility index (Phi) is 3.56. The SMILES string of the molecule is CCOc1cc(C)c2nc(Nc3ccccc3)sc2c1. The van der Waals surface area contributed by atoms with Crippen molar-refractivity contribution in [3.63, 3.8) is 0 Å². The molecule has 3 aromatic rings. The molecule has 1 heterocycles. The molecule has 0 fully saturated rings. The van der Waals surface area contributed by atoms with E-state index in [0.717, 1.165) is 32.3 Å². The van der Waals surface area contributed by atoms with Crippen molar-refractivity contribution in [2.75, 3.05) is 11.9 Å². The van der Waals surface area contributed by atoms with Crippen LogP contribution in [0.15, 0.2) is 42.5 Å². The minimum Gasteiger partial charge on any atom is -0.494 e. The zero-order chi connectivity index (χ0) is 13.9. The lowest BCUT2D eigenvalue weighted by molar-refractivity contribution is 0.340. The number of aryl methyl sites for hydroxylation is 1. The van der Waals surface area contributed by atoms with Crippen LogP contribution in [-0.4, -0.2) is 11.6 Å². The lowest BCUT2D eigenvalue weighted by Gasteiger charge is -2.03.